The molecular formula is C18H29N5O2. The van der Waals surface area contributed by atoms with Crippen molar-refractivity contribution in [2.75, 3.05) is 40.8 Å². The van der Waals surface area contributed by atoms with E-state index in [1.807, 2.05) is 4.90 Å². The molecule has 0 spiro atoms. The van der Waals surface area contributed by atoms with Crippen LogP contribution in [0, 0.1) is 5.41 Å². The van der Waals surface area contributed by atoms with E-state index in [0.29, 0.717) is 13.1 Å². The second-order valence-electron chi connectivity index (χ2n) is 6.98. The number of hydrogen-bond donors (Lipinski definition) is 1. The first kappa shape index (κ1) is 19.3. The number of piperidine rings is 1. The van der Waals surface area contributed by atoms with Gasteiger partial charge in [-0.25, -0.2) is 0 Å². The van der Waals surface area contributed by atoms with Crippen molar-refractivity contribution in [2.24, 2.45) is 5.41 Å². The fraction of sp³-hybridized carbons (Fsp3) is 0.667. The maximum absolute atomic E-state index is 12.9. The van der Waals surface area contributed by atoms with Crippen LogP contribution in [0.4, 0.5) is 0 Å². The van der Waals surface area contributed by atoms with Crippen LogP contribution in [0.5, 0.6) is 0 Å². The predicted molar refractivity (Wildman–Crippen MR) is 95.8 cm³/mol. The number of likely N-dealkylation sites (tertiary alicyclic amines) is 1. The van der Waals surface area contributed by atoms with Crippen LogP contribution in [-0.2, 0) is 16.0 Å². The first-order chi connectivity index (χ1) is 12.0. The number of likely N-dealkylation sites (N-methyl/N-ethyl adjacent to an activating group) is 1. The van der Waals surface area contributed by atoms with Gasteiger partial charge in [-0.2, -0.15) is 0 Å². The standard InChI is InChI=1S/C18H29N5O2/c1-19-13-16(24)23-11-5-8-18(14-23,17(25)22(2)3)7-4-6-15-12-20-9-10-21-15/h9-10,12,19H,4-8,11,13-14H2,1-3H3/t18-/m0/s1. The van der Waals surface area contributed by atoms with Crippen LogP contribution < -0.4 is 5.32 Å². The zero-order chi connectivity index (χ0) is 18.3. The summed E-state index contributed by atoms with van der Waals surface area (Å²) in [6, 6.07) is 0. The lowest BCUT2D eigenvalue weighted by atomic mass is 9.74. The average Bonchev–Trinajstić information content (AvgIpc) is 2.62. The van der Waals surface area contributed by atoms with Crippen molar-refractivity contribution in [2.45, 2.75) is 32.1 Å². The molecule has 0 radical (unpaired) electrons. The Balaban J connectivity index is 2.08. The van der Waals surface area contributed by atoms with Gasteiger partial charge in [0, 0.05) is 45.8 Å². The van der Waals surface area contributed by atoms with Gasteiger partial charge in [-0.05, 0) is 39.2 Å². The van der Waals surface area contributed by atoms with Gasteiger partial charge in [0.1, 0.15) is 0 Å². The summed E-state index contributed by atoms with van der Waals surface area (Å²) in [5.41, 5.74) is 0.446. The smallest absolute Gasteiger partial charge is 0.236 e. The van der Waals surface area contributed by atoms with E-state index in [0.717, 1.165) is 44.3 Å². The lowest BCUT2D eigenvalue weighted by Crippen LogP contribution is -2.54. The molecule has 2 amide bonds. The maximum atomic E-state index is 12.9. The molecule has 1 N–H and O–H groups in total. The average molecular weight is 347 g/mol. The van der Waals surface area contributed by atoms with Crippen LogP contribution in [0.2, 0.25) is 0 Å². The molecular weight excluding hydrogens is 318 g/mol. The quantitative estimate of drug-likeness (QED) is 0.786. The maximum Gasteiger partial charge on any atom is 0.236 e. The highest BCUT2D eigenvalue weighted by Gasteiger charge is 2.43. The molecule has 2 rings (SSSR count). The highest BCUT2D eigenvalue weighted by Crippen LogP contribution is 2.36. The Morgan fingerprint density at radius 1 is 1.36 bits per heavy atom. The number of nitrogens with zero attached hydrogens (tertiary/aromatic N) is 4. The van der Waals surface area contributed by atoms with Gasteiger partial charge < -0.3 is 15.1 Å². The number of rotatable bonds is 7. The molecule has 2 heterocycles. The lowest BCUT2D eigenvalue weighted by molar-refractivity contribution is -0.147. The minimum atomic E-state index is -0.493. The number of aromatic nitrogens is 2. The van der Waals surface area contributed by atoms with Crippen molar-refractivity contribution in [3.8, 4) is 0 Å². The Morgan fingerprint density at radius 3 is 2.80 bits per heavy atom. The molecule has 1 aliphatic heterocycles. The van der Waals surface area contributed by atoms with E-state index in [4.69, 9.17) is 0 Å². The molecule has 0 aromatic carbocycles. The van der Waals surface area contributed by atoms with Gasteiger partial charge >= 0.3 is 0 Å². The summed E-state index contributed by atoms with van der Waals surface area (Å²) in [6.45, 7) is 1.55. The van der Waals surface area contributed by atoms with E-state index in [9.17, 15) is 9.59 Å². The molecule has 7 heteroatoms. The van der Waals surface area contributed by atoms with Gasteiger partial charge in [-0.15, -0.1) is 0 Å². The molecule has 0 aliphatic carbocycles. The molecule has 0 unspecified atom stereocenters. The normalized spacial score (nSPS) is 20.4. The summed E-state index contributed by atoms with van der Waals surface area (Å²) in [7, 11) is 5.35. The Labute approximate surface area is 149 Å². The van der Waals surface area contributed by atoms with E-state index in [2.05, 4.69) is 15.3 Å². The minimum Gasteiger partial charge on any atom is -0.348 e. The molecule has 7 nitrogen and oxygen atoms in total. The first-order valence-corrected chi connectivity index (χ1v) is 8.87. The number of aryl methyl sites for hydroxylation is 1. The molecule has 0 saturated carbocycles. The van der Waals surface area contributed by atoms with Gasteiger partial charge in [-0.3, -0.25) is 19.6 Å². The van der Waals surface area contributed by atoms with Gasteiger partial charge in [0.2, 0.25) is 11.8 Å². The predicted octanol–water partition coefficient (Wildman–Crippen LogP) is 0.716. The van der Waals surface area contributed by atoms with E-state index in [1.54, 1.807) is 44.6 Å². The molecule has 1 aliphatic rings. The molecule has 1 atom stereocenters. The van der Waals surface area contributed by atoms with E-state index >= 15 is 0 Å². The Kier molecular flexibility index (Phi) is 6.87. The fourth-order valence-corrected chi connectivity index (χ4v) is 3.63. The summed E-state index contributed by atoms with van der Waals surface area (Å²) >= 11 is 0. The summed E-state index contributed by atoms with van der Waals surface area (Å²) in [6.07, 6.45) is 9.21. The van der Waals surface area contributed by atoms with Gasteiger partial charge in [0.15, 0.2) is 0 Å². The Bertz CT molecular complexity index is 578. The zero-order valence-electron chi connectivity index (χ0n) is 15.5. The van der Waals surface area contributed by atoms with Crippen LogP contribution in [-0.4, -0.2) is 72.4 Å². The summed E-state index contributed by atoms with van der Waals surface area (Å²) in [4.78, 5) is 37.1. The van der Waals surface area contributed by atoms with Crippen molar-refractivity contribution in [3.63, 3.8) is 0 Å². The highest BCUT2D eigenvalue weighted by atomic mass is 16.2. The zero-order valence-corrected chi connectivity index (χ0v) is 15.5. The molecule has 0 bridgehead atoms. The van der Waals surface area contributed by atoms with Crippen LogP contribution in [0.1, 0.15) is 31.4 Å². The van der Waals surface area contributed by atoms with Crippen molar-refractivity contribution < 1.29 is 9.59 Å². The van der Waals surface area contributed by atoms with Crippen LogP contribution in [0.25, 0.3) is 0 Å². The second kappa shape index (κ2) is 8.89. The van der Waals surface area contributed by atoms with Gasteiger partial charge in [0.25, 0.3) is 0 Å². The summed E-state index contributed by atoms with van der Waals surface area (Å²) in [5.74, 6) is 0.181. The highest BCUT2D eigenvalue weighted by molar-refractivity contribution is 5.84. The molecule has 1 fully saturated rings. The number of amides is 2. The fourth-order valence-electron chi connectivity index (χ4n) is 3.63. The van der Waals surface area contributed by atoms with Crippen LogP contribution in [0.15, 0.2) is 18.6 Å². The van der Waals surface area contributed by atoms with Crippen molar-refractivity contribution in [3.05, 3.63) is 24.3 Å². The van der Waals surface area contributed by atoms with E-state index in [1.165, 1.54) is 0 Å². The number of nitrogens with one attached hydrogen (secondary N) is 1. The molecule has 1 aromatic rings. The third-order valence-corrected chi connectivity index (χ3v) is 4.82. The SMILES string of the molecule is CNCC(=O)N1CCC[C@](CCCc2cnccn2)(C(=O)N(C)C)C1. The third kappa shape index (κ3) is 4.98. The molecule has 1 saturated heterocycles. The largest absolute Gasteiger partial charge is 0.348 e. The first-order valence-electron chi connectivity index (χ1n) is 8.87. The minimum absolute atomic E-state index is 0.0621. The topological polar surface area (TPSA) is 78.4 Å². The van der Waals surface area contributed by atoms with Gasteiger partial charge in [0.05, 0.1) is 17.7 Å². The van der Waals surface area contributed by atoms with Crippen LogP contribution in [0.3, 0.4) is 0 Å². The monoisotopic (exact) mass is 347 g/mol. The molecule has 25 heavy (non-hydrogen) atoms. The van der Waals surface area contributed by atoms with Crippen molar-refractivity contribution in [1.82, 2.24) is 25.1 Å². The number of hydrogen-bond acceptors (Lipinski definition) is 5. The lowest BCUT2D eigenvalue weighted by Gasteiger charge is -2.43. The summed E-state index contributed by atoms with van der Waals surface area (Å²) < 4.78 is 0. The van der Waals surface area contributed by atoms with Crippen molar-refractivity contribution in [1.29, 1.82) is 0 Å². The number of carbonyl (C=O) groups is 2. The van der Waals surface area contributed by atoms with E-state index < -0.39 is 5.41 Å². The van der Waals surface area contributed by atoms with Gasteiger partial charge in [-0.1, -0.05) is 0 Å². The van der Waals surface area contributed by atoms with Crippen LogP contribution >= 0.6 is 0 Å². The number of carbonyl (C=O) groups excluding carboxylic acids is 2. The second-order valence-corrected chi connectivity index (χ2v) is 6.98. The molecule has 1 aromatic heterocycles. The van der Waals surface area contributed by atoms with E-state index in [-0.39, 0.29) is 11.8 Å². The third-order valence-electron chi connectivity index (χ3n) is 4.82. The van der Waals surface area contributed by atoms with Crippen molar-refractivity contribution >= 4 is 11.8 Å². The Hall–Kier alpha value is -2.02. The Morgan fingerprint density at radius 2 is 2.16 bits per heavy atom. The summed E-state index contributed by atoms with van der Waals surface area (Å²) in [5, 5.41) is 2.91. The molecule has 138 valence electrons.